The first kappa shape index (κ1) is 26.8. The lowest BCUT2D eigenvalue weighted by atomic mass is 10.1. The minimum Gasteiger partial charge on any atom is -0.372 e. The van der Waals surface area contributed by atoms with E-state index >= 15 is 0 Å². The normalized spacial score (nSPS) is 10.8. The molecule has 0 unspecified atom stereocenters. The number of hydrogen-bond donors (Lipinski definition) is 2. The molecule has 2 aromatic carbocycles. The summed E-state index contributed by atoms with van der Waals surface area (Å²) in [6.45, 7) is 5.95. The highest BCUT2D eigenvalue weighted by Crippen LogP contribution is 2.26. The summed E-state index contributed by atoms with van der Waals surface area (Å²) in [7, 11) is 0. The minimum absolute atomic E-state index is 0.00255. The van der Waals surface area contributed by atoms with Crippen LogP contribution in [0.2, 0.25) is 0 Å². The lowest BCUT2D eigenvalue weighted by molar-refractivity contribution is -0.394. The fraction of sp³-hybridized carbons (Fsp3) is 0.227. The van der Waals surface area contributed by atoms with Gasteiger partial charge in [0.2, 0.25) is 11.0 Å². The molecule has 2 N–H and O–H groups in total. The van der Waals surface area contributed by atoms with Crippen LogP contribution in [-0.2, 0) is 11.2 Å². The highest BCUT2D eigenvalue weighted by atomic mass is 32.1. The van der Waals surface area contributed by atoms with E-state index in [0.717, 1.165) is 47.8 Å². The third-order valence-electron chi connectivity index (χ3n) is 5.06. The Hall–Kier alpha value is -4.79. The number of carbonyl (C=O) groups is 2. The van der Waals surface area contributed by atoms with Gasteiger partial charge in [0, 0.05) is 24.8 Å². The number of aromatic nitrogens is 2. The molecule has 192 valence electrons. The molecule has 3 aromatic rings. The van der Waals surface area contributed by atoms with E-state index in [-0.39, 0.29) is 22.1 Å². The van der Waals surface area contributed by atoms with Gasteiger partial charge in [0.25, 0.3) is 17.3 Å². The average Bonchev–Trinajstić information content (AvgIpc) is 3.31. The van der Waals surface area contributed by atoms with Gasteiger partial charge in [-0.1, -0.05) is 23.5 Å². The molecule has 0 saturated heterocycles. The number of nitrogens with one attached hydrogen (secondary N) is 2. The lowest BCUT2D eigenvalue weighted by Crippen LogP contribution is -2.21. The summed E-state index contributed by atoms with van der Waals surface area (Å²) in [5.41, 5.74) is 2.65. The van der Waals surface area contributed by atoms with Crippen LogP contribution in [0.4, 0.5) is 22.2 Å². The van der Waals surface area contributed by atoms with Crippen molar-refractivity contribution in [2.45, 2.75) is 20.3 Å². The lowest BCUT2D eigenvalue weighted by Gasteiger charge is -2.20. The summed E-state index contributed by atoms with van der Waals surface area (Å²) in [6.07, 6.45) is 1.34. The molecule has 0 aliphatic carbocycles. The van der Waals surface area contributed by atoms with E-state index in [1.165, 1.54) is 6.21 Å². The number of nitro benzene ring substituents is 2. The Morgan fingerprint density at radius 2 is 1.76 bits per heavy atom. The van der Waals surface area contributed by atoms with E-state index in [1.54, 1.807) is 0 Å². The molecule has 1 heterocycles. The molecule has 0 atom stereocenters. The van der Waals surface area contributed by atoms with Gasteiger partial charge in [0.1, 0.15) is 10.6 Å². The second-order valence-corrected chi connectivity index (χ2v) is 8.47. The van der Waals surface area contributed by atoms with Crippen molar-refractivity contribution < 1.29 is 19.4 Å². The highest BCUT2D eigenvalue weighted by molar-refractivity contribution is 7.15. The van der Waals surface area contributed by atoms with Crippen LogP contribution in [-0.4, -0.2) is 51.2 Å². The highest BCUT2D eigenvalue weighted by Gasteiger charge is 2.25. The van der Waals surface area contributed by atoms with Gasteiger partial charge in [0.15, 0.2) is 0 Å². The molecule has 0 bridgehead atoms. The molecule has 1 aromatic heterocycles. The number of nitrogens with zero attached hydrogens (tertiary/aromatic N) is 6. The fourth-order valence-electron chi connectivity index (χ4n) is 3.23. The van der Waals surface area contributed by atoms with Crippen LogP contribution in [0.1, 0.15) is 34.8 Å². The van der Waals surface area contributed by atoms with Gasteiger partial charge < -0.3 is 4.90 Å². The maximum absolute atomic E-state index is 12.5. The Balaban J connectivity index is 1.56. The molecule has 2 amide bonds. The Bertz CT molecular complexity index is 1340. The van der Waals surface area contributed by atoms with E-state index in [9.17, 15) is 29.8 Å². The van der Waals surface area contributed by atoms with Crippen molar-refractivity contribution in [2.24, 2.45) is 5.10 Å². The molecule has 0 aliphatic rings. The van der Waals surface area contributed by atoms with Crippen LogP contribution < -0.4 is 15.6 Å². The van der Waals surface area contributed by atoms with Gasteiger partial charge in [-0.15, -0.1) is 10.2 Å². The minimum atomic E-state index is -0.898. The van der Waals surface area contributed by atoms with Gasteiger partial charge in [-0.05, 0) is 37.6 Å². The molecule has 14 nitrogen and oxygen atoms in total. The van der Waals surface area contributed by atoms with Crippen molar-refractivity contribution in [3.05, 3.63) is 78.8 Å². The summed E-state index contributed by atoms with van der Waals surface area (Å²) in [4.78, 5) is 47.3. The summed E-state index contributed by atoms with van der Waals surface area (Å²) in [5.74, 6) is -1.36. The molecule has 3 rings (SSSR count). The Kier molecular flexibility index (Phi) is 8.88. The molecule has 0 spiro atoms. The molecule has 0 radical (unpaired) electrons. The van der Waals surface area contributed by atoms with Gasteiger partial charge in [-0.3, -0.25) is 35.1 Å². The van der Waals surface area contributed by atoms with Crippen LogP contribution in [0, 0.1) is 20.2 Å². The number of carbonyl (C=O) groups excluding carboxylic acids is 2. The monoisotopic (exact) mass is 526 g/mol. The van der Waals surface area contributed by atoms with E-state index < -0.39 is 33.0 Å². The number of rotatable bonds is 11. The van der Waals surface area contributed by atoms with E-state index in [4.69, 9.17) is 0 Å². The van der Waals surface area contributed by atoms with Gasteiger partial charge in [0.05, 0.1) is 28.5 Å². The van der Waals surface area contributed by atoms with Crippen LogP contribution >= 0.6 is 11.3 Å². The average molecular weight is 527 g/mol. The van der Waals surface area contributed by atoms with Gasteiger partial charge in [-0.2, -0.15) is 5.10 Å². The van der Waals surface area contributed by atoms with Crippen molar-refractivity contribution in [3.8, 4) is 0 Å². The third-order valence-corrected chi connectivity index (χ3v) is 5.90. The van der Waals surface area contributed by atoms with Crippen LogP contribution in [0.5, 0.6) is 0 Å². The Labute approximate surface area is 214 Å². The van der Waals surface area contributed by atoms with Crippen LogP contribution in [0.15, 0.2) is 47.6 Å². The van der Waals surface area contributed by atoms with Crippen molar-refractivity contribution >= 4 is 51.6 Å². The summed E-state index contributed by atoms with van der Waals surface area (Å²) in [5, 5.41) is 36.2. The standard InChI is InChI=1S/C22H22N8O6S/c1-3-28(4-2)15-7-5-14(6-8-15)13-23-25-19(31)12-20-26-27-22(37-20)24-21(32)17-10-9-16(29(33)34)11-18(17)30(35)36/h5-11,13H,3-4,12H2,1-2H3,(H,25,31)(H,24,27,32)/b23-13-. The topological polar surface area (TPSA) is 186 Å². The number of anilines is 2. The summed E-state index contributed by atoms with van der Waals surface area (Å²) < 4.78 is 0. The number of amides is 2. The SMILES string of the molecule is CCN(CC)c1ccc(/C=N\NC(=O)Cc2nnc(NC(=O)c3ccc([N+](=O)[O-])cc3[N+](=O)[O-])s2)cc1. The molecule has 15 heteroatoms. The second-order valence-electron chi connectivity index (χ2n) is 7.40. The Morgan fingerprint density at radius 1 is 1.05 bits per heavy atom. The summed E-state index contributed by atoms with van der Waals surface area (Å²) in [6, 6.07) is 10.4. The molecular formula is C22H22N8O6S. The maximum atomic E-state index is 12.5. The predicted molar refractivity (Wildman–Crippen MR) is 137 cm³/mol. The van der Waals surface area contributed by atoms with Gasteiger partial charge >= 0.3 is 0 Å². The maximum Gasteiger partial charge on any atom is 0.289 e. The number of non-ortho nitro benzene ring substituents is 1. The molecule has 0 aliphatic heterocycles. The smallest absolute Gasteiger partial charge is 0.289 e. The van der Waals surface area contributed by atoms with Crippen molar-refractivity contribution in [3.63, 3.8) is 0 Å². The van der Waals surface area contributed by atoms with E-state index in [0.29, 0.717) is 6.07 Å². The first-order valence-corrected chi connectivity index (χ1v) is 11.8. The van der Waals surface area contributed by atoms with Crippen LogP contribution in [0.25, 0.3) is 0 Å². The third kappa shape index (κ3) is 7.11. The number of hydrazone groups is 1. The van der Waals surface area contributed by atoms with Crippen LogP contribution in [0.3, 0.4) is 0 Å². The molecule has 0 fully saturated rings. The van der Waals surface area contributed by atoms with Crippen molar-refractivity contribution in [1.82, 2.24) is 15.6 Å². The molecule has 37 heavy (non-hydrogen) atoms. The van der Waals surface area contributed by atoms with E-state index in [2.05, 4.69) is 44.8 Å². The summed E-state index contributed by atoms with van der Waals surface area (Å²) >= 11 is 0.895. The van der Waals surface area contributed by atoms with Crippen molar-refractivity contribution in [1.29, 1.82) is 0 Å². The predicted octanol–water partition coefficient (Wildman–Crippen LogP) is 3.15. The Morgan fingerprint density at radius 3 is 2.38 bits per heavy atom. The number of hydrogen-bond acceptors (Lipinski definition) is 11. The van der Waals surface area contributed by atoms with Gasteiger partial charge in [-0.25, -0.2) is 5.43 Å². The van der Waals surface area contributed by atoms with E-state index in [1.807, 2.05) is 24.3 Å². The number of nitro groups is 2. The zero-order chi connectivity index (χ0) is 26.9. The zero-order valence-electron chi connectivity index (χ0n) is 19.8. The fourth-order valence-corrected chi connectivity index (χ4v) is 3.97. The largest absolute Gasteiger partial charge is 0.372 e. The molecule has 0 saturated carbocycles. The zero-order valence-corrected chi connectivity index (χ0v) is 20.6. The van der Waals surface area contributed by atoms with Crippen molar-refractivity contribution in [2.75, 3.05) is 23.3 Å². The first-order chi connectivity index (χ1) is 17.7. The number of benzene rings is 2. The molecular weight excluding hydrogens is 504 g/mol. The quantitative estimate of drug-likeness (QED) is 0.215. The second kappa shape index (κ2) is 12.3. The first-order valence-electron chi connectivity index (χ1n) is 10.9.